The van der Waals surface area contributed by atoms with E-state index in [0.29, 0.717) is 24.7 Å². The van der Waals surface area contributed by atoms with Gasteiger partial charge in [-0.25, -0.2) is 0 Å². The van der Waals surface area contributed by atoms with Gasteiger partial charge in [-0.05, 0) is 18.9 Å². The van der Waals surface area contributed by atoms with Crippen molar-refractivity contribution in [2.24, 2.45) is 0 Å². The van der Waals surface area contributed by atoms with E-state index in [1.54, 1.807) is 4.90 Å². The van der Waals surface area contributed by atoms with Gasteiger partial charge < -0.3 is 14.5 Å². The molecular weight excluding hydrogens is 258 g/mol. The van der Waals surface area contributed by atoms with Crippen LogP contribution in [0.2, 0.25) is 0 Å². The van der Waals surface area contributed by atoms with E-state index in [9.17, 15) is 9.90 Å². The van der Waals surface area contributed by atoms with Gasteiger partial charge in [0.25, 0.3) is 0 Å². The Morgan fingerprint density at radius 1 is 1.65 bits per heavy atom. The molecule has 1 amide bonds. The molecule has 0 bridgehead atoms. The van der Waals surface area contributed by atoms with Crippen molar-refractivity contribution >= 4 is 5.91 Å². The fourth-order valence-corrected chi connectivity index (χ4v) is 2.43. The molecule has 110 valence electrons. The monoisotopic (exact) mass is 279 g/mol. The first-order valence-corrected chi connectivity index (χ1v) is 6.90. The fraction of sp³-hybridized carbons (Fsp3) is 0.643. The molecule has 2 heterocycles. The van der Waals surface area contributed by atoms with Gasteiger partial charge in [-0.15, -0.1) is 0 Å². The number of likely N-dealkylation sites (tertiary alicyclic amines) is 1. The van der Waals surface area contributed by atoms with Crippen LogP contribution in [0, 0.1) is 0 Å². The van der Waals surface area contributed by atoms with Crippen molar-refractivity contribution in [3.8, 4) is 0 Å². The number of aliphatic hydroxyl groups is 1. The third-order valence-electron chi connectivity index (χ3n) is 3.52. The third-order valence-corrected chi connectivity index (χ3v) is 3.52. The van der Waals surface area contributed by atoms with E-state index in [2.05, 4.69) is 16.7 Å². The number of aromatic nitrogens is 2. The Balaban J connectivity index is 2.06. The molecule has 1 aliphatic rings. The number of β-amino-alcohol motifs (C(OH)–C–C–N with tert-alkyl or cyclic N) is 1. The molecule has 6 heteroatoms. The first kappa shape index (κ1) is 14.7. The molecule has 1 aromatic heterocycles. The Hall–Kier alpha value is -1.69. The van der Waals surface area contributed by atoms with Gasteiger partial charge >= 0.3 is 0 Å². The average molecular weight is 279 g/mol. The zero-order valence-corrected chi connectivity index (χ0v) is 12.0. The lowest BCUT2D eigenvalue weighted by molar-refractivity contribution is -0.133. The molecule has 20 heavy (non-hydrogen) atoms. The van der Waals surface area contributed by atoms with E-state index in [1.807, 2.05) is 13.8 Å². The number of piperidine rings is 1. The van der Waals surface area contributed by atoms with Crippen LogP contribution in [0.4, 0.5) is 0 Å². The van der Waals surface area contributed by atoms with Crippen LogP contribution in [0.3, 0.4) is 0 Å². The maximum Gasteiger partial charge on any atom is 0.246 e. The summed E-state index contributed by atoms with van der Waals surface area (Å²) in [6.45, 7) is 8.36. The number of rotatable bonds is 4. The van der Waals surface area contributed by atoms with Gasteiger partial charge in [0.1, 0.15) is 0 Å². The van der Waals surface area contributed by atoms with E-state index >= 15 is 0 Å². The third kappa shape index (κ3) is 3.25. The fourth-order valence-electron chi connectivity index (χ4n) is 2.43. The van der Waals surface area contributed by atoms with Gasteiger partial charge in [0.15, 0.2) is 5.82 Å². The zero-order valence-electron chi connectivity index (χ0n) is 12.0. The lowest BCUT2D eigenvalue weighted by atomic mass is 9.89. The van der Waals surface area contributed by atoms with Gasteiger partial charge in [0.05, 0.1) is 18.6 Å². The average Bonchev–Trinajstić information content (AvgIpc) is 2.85. The predicted octanol–water partition coefficient (Wildman–Crippen LogP) is 1.27. The SMILES string of the molecule is C=CC(=O)N1CCCC(O)(Cc2nc(C(C)C)no2)C1. The van der Waals surface area contributed by atoms with Crippen LogP contribution in [-0.4, -0.2) is 44.7 Å². The Kier molecular flexibility index (Phi) is 4.23. The quantitative estimate of drug-likeness (QED) is 0.840. The van der Waals surface area contributed by atoms with Crippen LogP contribution in [0.5, 0.6) is 0 Å². The van der Waals surface area contributed by atoms with Crippen molar-refractivity contribution in [3.05, 3.63) is 24.4 Å². The highest BCUT2D eigenvalue weighted by Crippen LogP contribution is 2.25. The van der Waals surface area contributed by atoms with Crippen molar-refractivity contribution in [1.29, 1.82) is 0 Å². The number of amides is 1. The Labute approximate surface area is 118 Å². The van der Waals surface area contributed by atoms with Crippen LogP contribution in [-0.2, 0) is 11.2 Å². The molecule has 0 radical (unpaired) electrons. The number of hydrogen-bond acceptors (Lipinski definition) is 5. The highest BCUT2D eigenvalue weighted by Gasteiger charge is 2.36. The maximum atomic E-state index is 11.6. The standard InChI is InChI=1S/C14H21N3O3/c1-4-12(18)17-7-5-6-14(19,9-17)8-11-15-13(10(2)3)16-20-11/h4,10,19H,1,5-9H2,2-3H3. The van der Waals surface area contributed by atoms with Gasteiger partial charge in [-0.1, -0.05) is 25.6 Å². The summed E-state index contributed by atoms with van der Waals surface area (Å²) in [5.74, 6) is 1.09. The molecule has 1 fully saturated rings. The summed E-state index contributed by atoms with van der Waals surface area (Å²) in [6.07, 6.45) is 2.91. The van der Waals surface area contributed by atoms with Crippen molar-refractivity contribution in [1.82, 2.24) is 15.0 Å². The minimum absolute atomic E-state index is 0.156. The van der Waals surface area contributed by atoms with E-state index in [0.717, 1.165) is 6.42 Å². The summed E-state index contributed by atoms with van der Waals surface area (Å²) in [5, 5.41) is 14.5. The van der Waals surface area contributed by atoms with E-state index in [1.165, 1.54) is 6.08 Å². The van der Waals surface area contributed by atoms with Crippen molar-refractivity contribution in [2.45, 2.75) is 44.6 Å². The Morgan fingerprint density at radius 3 is 3.00 bits per heavy atom. The van der Waals surface area contributed by atoms with Crippen LogP contribution >= 0.6 is 0 Å². The molecule has 0 spiro atoms. The second kappa shape index (κ2) is 5.75. The lowest BCUT2D eigenvalue weighted by Gasteiger charge is -2.38. The highest BCUT2D eigenvalue weighted by molar-refractivity contribution is 5.87. The summed E-state index contributed by atoms with van der Waals surface area (Å²) in [5.41, 5.74) is -1.00. The minimum atomic E-state index is -1.00. The molecule has 0 saturated carbocycles. The van der Waals surface area contributed by atoms with Gasteiger partial charge in [-0.3, -0.25) is 4.79 Å². The normalized spacial score (nSPS) is 23.1. The van der Waals surface area contributed by atoms with Crippen molar-refractivity contribution in [2.75, 3.05) is 13.1 Å². The van der Waals surface area contributed by atoms with Crippen LogP contribution in [0.1, 0.15) is 44.3 Å². The van der Waals surface area contributed by atoms with Crippen LogP contribution in [0.15, 0.2) is 17.2 Å². The molecule has 0 aromatic carbocycles. The largest absolute Gasteiger partial charge is 0.388 e. The van der Waals surface area contributed by atoms with E-state index in [4.69, 9.17) is 4.52 Å². The second-order valence-corrected chi connectivity index (χ2v) is 5.67. The molecule has 1 aromatic rings. The second-order valence-electron chi connectivity index (χ2n) is 5.67. The molecule has 1 atom stereocenters. The van der Waals surface area contributed by atoms with E-state index < -0.39 is 5.60 Å². The van der Waals surface area contributed by atoms with Crippen LogP contribution < -0.4 is 0 Å². The number of carbonyl (C=O) groups excluding carboxylic acids is 1. The lowest BCUT2D eigenvalue weighted by Crippen LogP contribution is -2.51. The molecular formula is C14H21N3O3. The molecule has 0 aliphatic carbocycles. The van der Waals surface area contributed by atoms with Crippen molar-refractivity contribution < 1.29 is 14.4 Å². The summed E-state index contributed by atoms with van der Waals surface area (Å²) in [4.78, 5) is 17.5. The van der Waals surface area contributed by atoms with Crippen LogP contribution in [0.25, 0.3) is 0 Å². The van der Waals surface area contributed by atoms with Gasteiger partial charge in [0, 0.05) is 12.5 Å². The molecule has 1 unspecified atom stereocenters. The molecule has 6 nitrogen and oxygen atoms in total. The van der Waals surface area contributed by atoms with Crippen molar-refractivity contribution in [3.63, 3.8) is 0 Å². The summed E-state index contributed by atoms with van der Waals surface area (Å²) in [7, 11) is 0. The molecule has 2 rings (SSSR count). The first-order valence-electron chi connectivity index (χ1n) is 6.90. The smallest absolute Gasteiger partial charge is 0.246 e. The number of carbonyl (C=O) groups is 1. The first-order chi connectivity index (χ1) is 9.43. The minimum Gasteiger partial charge on any atom is -0.388 e. The molecule has 1 saturated heterocycles. The van der Waals surface area contributed by atoms with E-state index in [-0.39, 0.29) is 24.8 Å². The summed E-state index contributed by atoms with van der Waals surface area (Å²) < 4.78 is 5.17. The number of hydrogen-bond donors (Lipinski definition) is 1. The maximum absolute atomic E-state index is 11.6. The highest BCUT2D eigenvalue weighted by atomic mass is 16.5. The molecule has 1 aliphatic heterocycles. The number of nitrogens with zero attached hydrogens (tertiary/aromatic N) is 3. The van der Waals surface area contributed by atoms with Gasteiger partial charge in [0.2, 0.25) is 11.8 Å². The topological polar surface area (TPSA) is 79.5 Å². The molecule has 1 N–H and O–H groups in total. The Morgan fingerprint density at radius 2 is 2.40 bits per heavy atom. The summed E-state index contributed by atoms with van der Waals surface area (Å²) in [6, 6.07) is 0. The summed E-state index contributed by atoms with van der Waals surface area (Å²) >= 11 is 0. The van der Waals surface area contributed by atoms with Gasteiger partial charge in [-0.2, -0.15) is 4.98 Å². The Bertz CT molecular complexity index is 498. The zero-order chi connectivity index (χ0) is 14.8. The predicted molar refractivity (Wildman–Crippen MR) is 73.1 cm³/mol.